The number of anilines is 5. The maximum Gasteiger partial charge on any atom is 0.319 e. The van der Waals surface area contributed by atoms with E-state index in [2.05, 4.69) is 30.2 Å². The van der Waals surface area contributed by atoms with Crippen LogP contribution >= 0.6 is 0 Å². The second-order valence-corrected chi connectivity index (χ2v) is 18.0. The Morgan fingerprint density at radius 3 is 2.34 bits per heavy atom. The SMILES string of the molecule is CN(C(=O)N1CCC(Oc2cc(N3[C@@H]4CC[C@H]3CN(c3cc(-c5ccccc5O)nnc3N)C4)cc(F)c2F)CC1)C1CCN(c2cccc3c2OCCN3[C@@H]2CCC(=O)NC2=O)CC1. The molecular formula is C47H54F2N10O6. The van der Waals surface area contributed by atoms with E-state index < -0.39 is 23.8 Å². The molecule has 18 heteroatoms. The Balaban J connectivity index is 0.737. The number of halogens is 2. The normalized spacial score (nSPS) is 22.7. The lowest BCUT2D eigenvalue weighted by molar-refractivity contribution is -0.134. The van der Waals surface area contributed by atoms with E-state index in [4.69, 9.17) is 15.2 Å². The number of nitrogens with one attached hydrogen (secondary N) is 1. The van der Waals surface area contributed by atoms with Crippen LogP contribution in [0.3, 0.4) is 0 Å². The van der Waals surface area contributed by atoms with Gasteiger partial charge in [0.1, 0.15) is 24.5 Å². The molecule has 5 fully saturated rings. The lowest BCUT2D eigenvalue weighted by atomic mass is 10.0. The number of phenols is 1. The third-order valence-corrected chi connectivity index (χ3v) is 14.2. The number of rotatable bonds is 8. The molecule has 10 rings (SSSR count). The summed E-state index contributed by atoms with van der Waals surface area (Å²) in [6, 6.07) is 17.1. The molecule has 342 valence electrons. The van der Waals surface area contributed by atoms with E-state index in [-0.39, 0.29) is 53.3 Å². The molecule has 1 aromatic heterocycles. The van der Waals surface area contributed by atoms with E-state index in [1.807, 2.05) is 52.1 Å². The number of likely N-dealkylation sites (tertiary alicyclic amines) is 1. The minimum atomic E-state index is -1.02. The number of ether oxygens (including phenoxy) is 2. The van der Waals surface area contributed by atoms with Crippen molar-refractivity contribution >= 4 is 46.4 Å². The highest BCUT2D eigenvalue weighted by Crippen LogP contribution is 2.44. The number of para-hydroxylation sites is 2. The molecule has 3 atom stereocenters. The van der Waals surface area contributed by atoms with Gasteiger partial charge in [-0.25, -0.2) is 9.18 Å². The van der Waals surface area contributed by atoms with Crippen LogP contribution in [0, 0.1) is 11.6 Å². The number of carbonyl (C=O) groups is 3. The molecule has 3 aromatic carbocycles. The van der Waals surface area contributed by atoms with Gasteiger partial charge in [-0.05, 0) is 62.4 Å². The first-order valence-corrected chi connectivity index (χ1v) is 22.7. The monoisotopic (exact) mass is 892 g/mol. The molecule has 16 nitrogen and oxygen atoms in total. The van der Waals surface area contributed by atoms with Crippen molar-refractivity contribution in [3.8, 4) is 28.5 Å². The predicted molar refractivity (Wildman–Crippen MR) is 240 cm³/mol. The van der Waals surface area contributed by atoms with E-state index in [1.165, 1.54) is 6.07 Å². The number of nitrogens with two attached hydrogens (primary N) is 1. The largest absolute Gasteiger partial charge is 0.507 e. The van der Waals surface area contributed by atoms with Crippen LogP contribution in [0.5, 0.6) is 17.2 Å². The molecule has 6 aliphatic heterocycles. The van der Waals surface area contributed by atoms with Crippen molar-refractivity contribution in [2.24, 2.45) is 0 Å². The minimum Gasteiger partial charge on any atom is -0.507 e. The van der Waals surface area contributed by atoms with Crippen molar-refractivity contribution in [1.29, 1.82) is 0 Å². The average Bonchev–Trinajstić information content (AvgIpc) is 3.58. The quantitative estimate of drug-likeness (QED) is 0.199. The van der Waals surface area contributed by atoms with Crippen LogP contribution in [0.1, 0.15) is 51.4 Å². The van der Waals surface area contributed by atoms with Gasteiger partial charge in [0.05, 0.1) is 29.3 Å². The number of benzene rings is 3. The van der Waals surface area contributed by atoms with Gasteiger partial charge in [0, 0.05) is 107 Å². The Hall–Kier alpha value is -6.59. The van der Waals surface area contributed by atoms with Crippen LogP contribution in [0.4, 0.5) is 42.1 Å². The molecule has 6 aliphatic rings. The zero-order chi connectivity index (χ0) is 44.9. The van der Waals surface area contributed by atoms with Crippen LogP contribution in [0.2, 0.25) is 0 Å². The molecule has 65 heavy (non-hydrogen) atoms. The lowest BCUT2D eigenvalue weighted by Gasteiger charge is -2.43. The van der Waals surface area contributed by atoms with Crippen molar-refractivity contribution in [3.05, 3.63) is 72.3 Å². The minimum absolute atomic E-state index is 0.00145. The second-order valence-electron chi connectivity index (χ2n) is 18.0. The Morgan fingerprint density at radius 1 is 0.862 bits per heavy atom. The maximum atomic E-state index is 15.4. The molecule has 0 spiro atoms. The molecule has 0 aliphatic carbocycles. The summed E-state index contributed by atoms with van der Waals surface area (Å²) >= 11 is 0. The fraction of sp³-hybridized carbons (Fsp3) is 0.468. The van der Waals surface area contributed by atoms with Crippen LogP contribution in [0.15, 0.2) is 60.7 Å². The highest BCUT2D eigenvalue weighted by Gasteiger charge is 2.42. The van der Waals surface area contributed by atoms with Crippen LogP contribution < -0.4 is 40.1 Å². The molecule has 0 unspecified atom stereocenters. The lowest BCUT2D eigenvalue weighted by Crippen LogP contribution is -2.54. The Kier molecular flexibility index (Phi) is 11.4. The first-order valence-electron chi connectivity index (χ1n) is 22.7. The summed E-state index contributed by atoms with van der Waals surface area (Å²) in [4.78, 5) is 50.7. The number of imide groups is 1. The number of urea groups is 1. The summed E-state index contributed by atoms with van der Waals surface area (Å²) in [6.07, 6.45) is 4.57. The molecular weight excluding hydrogens is 839 g/mol. The second kappa shape index (κ2) is 17.4. The van der Waals surface area contributed by atoms with E-state index in [1.54, 1.807) is 24.3 Å². The van der Waals surface area contributed by atoms with Crippen molar-refractivity contribution in [2.45, 2.75) is 81.6 Å². The smallest absolute Gasteiger partial charge is 0.319 e. The number of hydrogen-bond acceptors (Lipinski definition) is 13. The highest BCUT2D eigenvalue weighted by molar-refractivity contribution is 6.02. The number of aromatic nitrogens is 2. The van der Waals surface area contributed by atoms with Crippen LogP contribution in [-0.4, -0.2) is 133 Å². The molecule has 0 radical (unpaired) electrons. The van der Waals surface area contributed by atoms with Gasteiger partial charge in [0.25, 0.3) is 0 Å². The Labute approximate surface area is 375 Å². The molecule has 7 heterocycles. The maximum absolute atomic E-state index is 15.4. The number of phenolic OH excluding ortho intramolecular Hbond substituents is 1. The predicted octanol–water partition coefficient (Wildman–Crippen LogP) is 5.14. The summed E-state index contributed by atoms with van der Waals surface area (Å²) in [5.41, 5.74) is 10.5. The van der Waals surface area contributed by atoms with Crippen molar-refractivity contribution < 1.29 is 37.7 Å². The summed E-state index contributed by atoms with van der Waals surface area (Å²) < 4.78 is 43.2. The van der Waals surface area contributed by atoms with Gasteiger partial charge in [-0.1, -0.05) is 18.2 Å². The van der Waals surface area contributed by atoms with E-state index in [0.717, 1.165) is 42.8 Å². The van der Waals surface area contributed by atoms with Crippen molar-refractivity contribution in [3.63, 3.8) is 0 Å². The molecule has 4 amide bonds. The number of carbonyl (C=O) groups excluding carboxylic acids is 3. The topological polar surface area (TPSA) is 173 Å². The third kappa shape index (κ3) is 8.11. The zero-order valence-electron chi connectivity index (χ0n) is 36.4. The van der Waals surface area contributed by atoms with Crippen molar-refractivity contribution in [2.75, 3.05) is 84.8 Å². The van der Waals surface area contributed by atoms with Gasteiger partial charge in [-0.2, -0.15) is 4.39 Å². The van der Waals surface area contributed by atoms with Gasteiger partial charge in [-0.15, -0.1) is 10.2 Å². The van der Waals surface area contributed by atoms with Gasteiger partial charge in [0.15, 0.2) is 23.1 Å². The van der Waals surface area contributed by atoms with Gasteiger partial charge in [0.2, 0.25) is 17.6 Å². The molecule has 0 saturated carbocycles. The molecule has 5 saturated heterocycles. The third-order valence-electron chi connectivity index (χ3n) is 14.2. The number of nitrogens with zero attached hydrogens (tertiary/aromatic N) is 8. The Morgan fingerprint density at radius 2 is 1.60 bits per heavy atom. The Bertz CT molecular complexity index is 2470. The number of piperidine rings is 3. The van der Waals surface area contributed by atoms with Gasteiger partial charge >= 0.3 is 6.03 Å². The van der Waals surface area contributed by atoms with E-state index in [0.29, 0.717) is 101 Å². The first-order chi connectivity index (χ1) is 31.5. The molecule has 4 N–H and O–H groups in total. The standard InChI is InChI=1S/C47H54F2N10O6/c1-54(28-13-17-55(18-14-28)36-6-4-7-37-44(36)64-22-21-58(37)38-11-12-42(61)51-46(38)62)47(63)56-19-15-32(16-20-56)65-41-24-31(23-34(48)43(41)49)59-29-9-10-30(59)27-57(26-29)39-25-35(52-53-45(39)50)33-5-2-3-8-40(33)60/h2-8,23-25,28-30,32,38,60H,9-22,26-27H2,1H3,(H2,50,53)(H,51,61,62)/t29-,30+,38-/m1/s1. The number of fused-ring (bicyclic) bond motifs is 3. The number of hydrogen-bond donors (Lipinski definition) is 3. The number of piperazine rings is 1. The van der Waals surface area contributed by atoms with Gasteiger partial charge in [-0.3, -0.25) is 14.9 Å². The summed E-state index contributed by atoms with van der Waals surface area (Å²) in [5, 5.41) is 21.3. The summed E-state index contributed by atoms with van der Waals surface area (Å²) in [5.74, 6) is -1.52. The first kappa shape index (κ1) is 42.4. The van der Waals surface area contributed by atoms with E-state index >= 15 is 8.78 Å². The number of aromatic hydroxyl groups is 1. The number of amides is 4. The van der Waals surface area contributed by atoms with E-state index in [9.17, 15) is 19.5 Å². The molecule has 2 bridgehead atoms. The van der Waals surface area contributed by atoms with Crippen LogP contribution in [-0.2, 0) is 9.59 Å². The summed E-state index contributed by atoms with van der Waals surface area (Å²) in [6.45, 7) is 4.44. The fourth-order valence-corrected chi connectivity index (χ4v) is 10.8. The van der Waals surface area contributed by atoms with Crippen LogP contribution in [0.25, 0.3) is 11.3 Å². The van der Waals surface area contributed by atoms with Crippen molar-refractivity contribution in [1.82, 2.24) is 25.3 Å². The fourth-order valence-electron chi connectivity index (χ4n) is 10.8. The summed E-state index contributed by atoms with van der Waals surface area (Å²) in [7, 11) is 1.85. The average molecular weight is 893 g/mol. The highest BCUT2D eigenvalue weighted by atomic mass is 19.2. The van der Waals surface area contributed by atoms with Gasteiger partial charge < -0.3 is 49.7 Å². The number of nitrogen functional groups attached to an aromatic ring is 1. The molecule has 4 aromatic rings. The zero-order valence-corrected chi connectivity index (χ0v) is 36.4.